The Morgan fingerprint density at radius 1 is 1.00 bits per heavy atom. The second-order valence-electron chi connectivity index (χ2n) is 6.45. The third-order valence-corrected chi connectivity index (χ3v) is 4.83. The summed E-state index contributed by atoms with van der Waals surface area (Å²) < 4.78 is 0. The number of anilines is 1. The number of hydrogen-bond donors (Lipinski definition) is 0. The van der Waals surface area contributed by atoms with Crippen molar-refractivity contribution in [2.24, 2.45) is 0 Å². The average Bonchev–Trinajstić information content (AvgIpc) is 3.03. The molecule has 1 aromatic carbocycles. The number of nitro benzene ring substituents is 1. The third-order valence-electron chi connectivity index (χ3n) is 4.83. The van der Waals surface area contributed by atoms with Gasteiger partial charge < -0.3 is 9.80 Å². The van der Waals surface area contributed by atoms with E-state index in [1.54, 1.807) is 12.1 Å². The topological polar surface area (TPSA) is 69.9 Å². The first kappa shape index (κ1) is 16.7. The molecule has 3 rings (SSSR count). The van der Waals surface area contributed by atoms with Crippen LogP contribution in [0.25, 0.3) is 0 Å². The van der Waals surface area contributed by atoms with Crippen LogP contribution in [0.4, 0.5) is 11.4 Å². The van der Waals surface area contributed by atoms with Crippen molar-refractivity contribution in [3.05, 3.63) is 34.4 Å². The van der Waals surface area contributed by atoms with Gasteiger partial charge in [0.2, 0.25) is 5.91 Å². The highest BCUT2D eigenvalue weighted by Crippen LogP contribution is 2.28. The number of carbonyl (C=O) groups is 1. The fourth-order valence-corrected chi connectivity index (χ4v) is 3.51. The van der Waals surface area contributed by atoms with Crippen molar-refractivity contribution < 1.29 is 9.72 Å². The van der Waals surface area contributed by atoms with E-state index < -0.39 is 0 Å². The van der Waals surface area contributed by atoms with Crippen LogP contribution in [0.3, 0.4) is 0 Å². The molecule has 0 unspecified atom stereocenters. The number of benzene rings is 1. The van der Waals surface area contributed by atoms with Gasteiger partial charge in [-0.1, -0.05) is 12.1 Å². The number of likely N-dealkylation sites (tertiary alicyclic amines) is 1. The Morgan fingerprint density at radius 2 is 1.75 bits per heavy atom. The maximum atomic E-state index is 12.3. The van der Waals surface area contributed by atoms with Crippen molar-refractivity contribution >= 4 is 17.3 Å². The van der Waals surface area contributed by atoms with Gasteiger partial charge in [-0.3, -0.25) is 19.8 Å². The summed E-state index contributed by atoms with van der Waals surface area (Å²) in [6, 6.07) is 6.89. The highest BCUT2D eigenvalue weighted by Gasteiger charge is 2.24. The standard InChI is InChI=1S/C17H24N4O3/c22-17(20-9-3-4-10-20)14-18-8-5-11-19(13-12-18)15-6-1-2-7-16(15)21(23)24/h1-2,6-7H,3-5,8-14H2. The van der Waals surface area contributed by atoms with Crippen LogP contribution in [0.2, 0.25) is 0 Å². The van der Waals surface area contributed by atoms with E-state index in [9.17, 15) is 14.9 Å². The van der Waals surface area contributed by atoms with Gasteiger partial charge >= 0.3 is 0 Å². The highest BCUT2D eigenvalue weighted by atomic mass is 16.6. The van der Waals surface area contributed by atoms with Crippen LogP contribution in [-0.4, -0.2) is 66.4 Å². The van der Waals surface area contributed by atoms with Crippen LogP contribution in [0, 0.1) is 10.1 Å². The quantitative estimate of drug-likeness (QED) is 0.620. The summed E-state index contributed by atoms with van der Waals surface area (Å²) in [5.41, 5.74) is 0.828. The van der Waals surface area contributed by atoms with E-state index in [0.717, 1.165) is 52.0 Å². The molecule has 2 fully saturated rings. The SMILES string of the molecule is O=C(CN1CCCN(c2ccccc2[N+](=O)[O-])CC1)N1CCCC1. The molecule has 0 aliphatic carbocycles. The Hall–Kier alpha value is -2.15. The zero-order chi connectivity index (χ0) is 16.9. The lowest BCUT2D eigenvalue weighted by Gasteiger charge is -2.24. The highest BCUT2D eigenvalue weighted by molar-refractivity contribution is 5.78. The number of amides is 1. The van der Waals surface area contributed by atoms with Gasteiger partial charge in [0.15, 0.2) is 0 Å². The van der Waals surface area contributed by atoms with Gasteiger partial charge in [-0.2, -0.15) is 0 Å². The van der Waals surface area contributed by atoms with E-state index in [-0.39, 0.29) is 16.5 Å². The predicted octanol–water partition coefficient (Wildman–Crippen LogP) is 1.73. The van der Waals surface area contributed by atoms with Gasteiger partial charge in [0.1, 0.15) is 5.69 Å². The molecule has 0 atom stereocenters. The van der Waals surface area contributed by atoms with Crippen molar-refractivity contribution in [2.75, 3.05) is 50.7 Å². The normalized spacial score (nSPS) is 19.3. The molecule has 0 bridgehead atoms. The van der Waals surface area contributed by atoms with E-state index in [1.807, 2.05) is 17.0 Å². The molecule has 24 heavy (non-hydrogen) atoms. The molecular formula is C17H24N4O3. The van der Waals surface area contributed by atoms with Crippen LogP contribution in [0.1, 0.15) is 19.3 Å². The summed E-state index contributed by atoms with van der Waals surface area (Å²) in [7, 11) is 0. The molecule has 0 saturated carbocycles. The van der Waals surface area contributed by atoms with Gasteiger partial charge in [0, 0.05) is 45.3 Å². The van der Waals surface area contributed by atoms with Crippen molar-refractivity contribution in [1.29, 1.82) is 0 Å². The lowest BCUT2D eigenvalue weighted by Crippen LogP contribution is -2.40. The summed E-state index contributed by atoms with van der Waals surface area (Å²) in [6.07, 6.45) is 3.12. The molecule has 0 N–H and O–H groups in total. The van der Waals surface area contributed by atoms with Crippen LogP contribution < -0.4 is 4.90 Å². The van der Waals surface area contributed by atoms with Gasteiger partial charge in [-0.25, -0.2) is 0 Å². The lowest BCUT2D eigenvalue weighted by atomic mass is 10.2. The Kier molecular flexibility index (Phi) is 5.30. The molecule has 2 aliphatic rings. The van der Waals surface area contributed by atoms with Gasteiger partial charge in [-0.15, -0.1) is 0 Å². The molecular weight excluding hydrogens is 308 g/mol. The number of rotatable bonds is 4. The van der Waals surface area contributed by atoms with Crippen molar-refractivity contribution in [3.8, 4) is 0 Å². The molecule has 0 radical (unpaired) electrons. The van der Waals surface area contributed by atoms with E-state index in [0.29, 0.717) is 18.8 Å². The first-order valence-electron chi connectivity index (χ1n) is 8.63. The predicted molar refractivity (Wildman–Crippen MR) is 92.2 cm³/mol. The smallest absolute Gasteiger partial charge is 0.292 e. The Balaban J connectivity index is 1.61. The minimum Gasteiger partial charge on any atom is -0.365 e. The summed E-state index contributed by atoms with van der Waals surface area (Å²) >= 11 is 0. The van der Waals surface area contributed by atoms with E-state index in [2.05, 4.69) is 9.80 Å². The molecule has 2 aliphatic heterocycles. The largest absolute Gasteiger partial charge is 0.365 e. The fraction of sp³-hybridized carbons (Fsp3) is 0.588. The van der Waals surface area contributed by atoms with Crippen LogP contribution in [-0.2, 0) is 4.79 Å². The molecule has 7 heteroatoms. The second-order valence-corrected chi connectivity index (χ2v) is 6.45. The van der Waals surface area contributed by atoms with Gasteiger partial charge in [0.25, 0.3) is 5.69 Å². The number of carbonyl (C=O) groups excluding carboxylic acids is 1. The number of hydrogen-bond acceptors (Lipinski definition) is 5. The Bertz CT molecular complexity index is 601. The zero-order valence-electron chi connectivity index (χ0n) is 13.9. The van der Waals surface area contributed by atoms with Crippen molar-refractivity contribution in [2.45, 2.75) is 19.3 Å². The van der Waals surface area contributed by atoms with Crippen LogP contribution in [0.5, 0.6) is 0 Å². The van der Waals surface area contributed by atoms with E-state index in [4.69, 9.17) is 0 Å². The molecule has 1 amide bonds. The first-order valence-corrected chi connectivity index (χ1v) is 8.63. The maximum Gasteiger partial charge on any atom is 0.292 e. The van der Waals surface area contributed by atoms with Crippen LogP contribution in [0.15, 0.2) is 24.3 Å². The van der Waals surface area contributed by atoms with Crippen molar-refractivity contribution in [3.63, 3.8) is 0 Å². The average molecular weight is 332 g/mol. The summed E-state index contributed by atoms with van der Waals surface area (Å²) in [4.78, 5) is 29.4. The summed E-state index contributed by atoms with van der Waals surface area (Å²) in [5.74, 6) is 0.214. The number of para-hydroxylation sites is 2. The Morgan fingerprint density at radius 3 is 2.50 bits per heavy atom. The van der Waals surface area contributed by atoms with E-state index in [1.165, 1.54) is 0 Å². The second kappa shape index (κ2) is 7.61. The molecule has 2 saturated heterocycles. The summed E-state index contributed by atoms with van der Waals surface area (Å²) in [6.45, 7) is 5.33. The van der Waals surface area contributed by atoms with E-state index >= 15 is 0 Å². The molecule has 1 aromatic rings. The molecule has 130 valence electrons. The maximum absolute atomic E-state index is 12.3. The number of nitrogens with zero attached hydrogens (tertiary/aromatic N) is 4. The first-order chi connectivity index (χ1) is 11.6. The third kappa shape index (κ3) is 3.84. The van der Waals surface area contributed by atoms with Gasteiger partial charge in [0.05, 0.1) is 11.5 Å². The molecule has 7 nitrogen and oxygen atoms in total. The minimum absolute atomic E-state index is 0.152. The fourth-order valence-electron chi connectivity index (χ4n) is 3.51. The number of nitro groups is 1. The van der Waals surface area contributed by atoms with Crippen molar-refractivity contribution in [1.82, 2.24) is 9.80 Å². The van der Waals surface area contributed by atoms with Crippen LogP contribution >= 0.6 is 0 Å². The minimum atomic E-state index is -0.325. The molecule has 2 heterocycles. The summed E-state index contributed by atoms with van der Waals surface area (Å²) in [5, 5.41) is 11.2. The Labute approximate surface area is 142 Å². The zero-order valence-corrected chi connectivity index (χ0v) is 13.9. The lowest BCUT2D eigenvalue weighted by molar-refractivity contribution is -0.384. The molecule has 0 spiro atoms. The molecule has 0 aromatic heterocycles. The van der Waals surface area contributed by atoms with Gasteiger partial charge in [-0.05, 0) is 25.3 Å². The monoisotopic (exact) mass is 332 g/mol.